The molecule has 0 amide bonds. The van der Waals surface area contributed by atoms with Gasteiger partial charge in [0.1, 0.15) is 55.9 Å². The molecule has 7 N–H and O–H groups in total. The van der Waals surface area contributed by atoms with Gasteiger partial charge in [0.15, 0.2) is 6.29 Å². The number of aliphatic hydroxyl groups is 7. The molecular formula is C14H24O12. The van der Waals surface area contributed by atoms with Gasteiger partial charge in [-0.15, -0.1) is 0 Å². The molecule has 26 heavy (non-hydrogen) atoms. The second-order valence-corrected chi connectivity index (χ2v) is 6.18. The molecule has 2 aliphatic heterocycles. The first-order valence-electron chi connectivity index (χ1n) is 7.93. The summed E-state index contributed by atoms with van der Waals surface area (Å²) in [4.78, 5) is 10.9. The zero-order valence-electron chi connectivity index (χ0n) is 13.9. The molecule has 2 heterocycles. The molecule has 0 saturated carbocycles. The summed E-state index contributed by atoms with van der Waals surface area (Å²) in [6, 6.07) is 0. The SMILES string of the molecule is CC(=O)OC[C@@H]1O[C@@H](O[C@@]2(CO)O[C@@H](CO)[C@@H](O)[C@H]2O)[C@@H](O)[C@@H](O)[C@@H]1O. The highest BCUT2D eigenvalue weighted by Gasteiger charge is 2.58. The van der Waals surface area contributed by atoms with Gasteiger partial charge in [0.25, 0.3) is 0 Å². The topological polar surface area (TPSA) is 196 Å². The molecule has 0 bridgehead atoms. The van der Waals surface area contributed by atoms with Crippen LogP contribution in [0, 0.1) is 0 Å². The van der Waals surface area contributed by atoms with Gasteiger partial charge in [-0.3, -0.25) is 4.79 Å². The van der Waals surface area contributed by atoms with Crippen molar-refractivity contribution in [2.45, 2.75) is 61.7 Å². The summed E-state index contributed by atoms with van der Waals surface area (Å²) < 4.78 is 20.4. The molecule has 0 aromatic rings. The van der Waals surface area contributed by atoms with Crippen LogP contribution in [-0.2, 0) is 23.7 Å². The van der Waals surface area contributed by atoms with Gasteiger partial charge in [-0.05, 0) is 0 Å². The van der Waals surface area contributed by atoms with Crippen LogP contribution in [0.15, 0.2) is 0 Å². The summed E-state index contributed by atoms with van der Waals surface area (Å²) in [5.41, 5.74) is 0. The number of carbonyl (C=O) groups is 1. The van der Waals surface area contributed by atoms with Crippen LogP contribution in [0.4, 0.5) is 0 Å². The Balaban J connectivity index is 2.16. The van der Waals surface area contributed by atoms with E-state index in [0.29, 0.717) is 0 Å². The van der Waals surface area contributed by atoms with Crippen LogP contribution in [-0.4, -0.2) is 116 Å². The summed E-state index contributed by atoms with van der Waals surface area (Å²) in [7, 11) is 0. The lowest BCUT2D eigenvalue weighted by molar-refractivity contribution is -0.383. The van der Waals surface area contributed by atoms with Crippen LogP contribution in [0.2, 0.25) is 0 Å². The van der Waals surface area contributed by atoms with E-state index in [1.165, 1.54) is 0 Å². The van der Waals surface area contributed by atoms with E-state index in [2.05, 4.69) is 0 Å². The van der Waals surface area contributed by atoms with Crippen LogP contribution < -0.4 is 0 Å². The zero-order chi connectivity index (χ0) is 19.6. The van der Waals surface area contributed by atoms with Crippen molar-refractivity contribution < 1.29 is 59.5 Å². The number of aliphatic hydroxyl groups excluding tert-OH is 7. The summed E-state index contributed by atoms with van der Waals surface area (Å²) in [5.74, 6) is -2.93. The van der Waals surface area contributed by atoms with Crippen LogP contribution in [0.1, 0.15) is 6.92 Å². The molecule has 0 aromatic carbocycles. The molecule has 0 spiro atoms. The molecule has 152 valence electrons. The summed E-state index contributed by atoms with van der Waals surface area (Å²) in [6.07, 6.45) is -12.9. The van der Waals surface area contributed by atoms with Crippen molar-refractivity contribution in [3.63, 3.8) is 0 Å². The lowest BCUT2D eigenvalue weighted by Crippen LogP contribution is -2.62. The van der Waals surface area contributed by atoms with Crippen molar-refractivity contribution in [2.75, 3.05) is 19.8 Å². The van der Waals surface area contributed by atoms with Gasteiger partial charge in [0.05, 0.1) is 6.61 Å². The van der Waals surface area contributed by atoms with E-state index in [1.807, 2.05) is 0 Å². The lowest BCUT2D eigenvalue weighted by atomic mass is 9.99. The largest absolute Gasteiger partial charge is 0.463 e. The van der Waals surface area contributed by atoms with Crippen molar-refractivity contribution in [3.05, 3.63) is 0 Å². The van der Waals surface area contributed by atoms with Crippen molar-refractivity contribution >= 4 is 5.97 Å². The van der Waals surface area contributed by atoms with Crippen molar-refractivity contribution in [1.82, 2.24) is 0 Å². The molecule has 0 aliphatic carbocycles. The van der Waals surface area contributed by atoms with Crippen molar-refractivity contribution in [3.8, 4) is 0 Å². The third-order valence-electron chi connectivity index (χ3n) is 4.34. The van der Waals surface area contributed by atoms with E-state index < -0.39 is 80.6 Å². The van der Waals surface area contributed by atoms with Gasteiger partial charge in [-0.2, -0.15) is 0 Å². The van der Waals surface area contributed by atoms with Gasteiger partial charge in [-0.25, -0.2) is 0 Å². The lowest BCUT2D eigenvalue weighted by Gasteiger charge is -2.43. The van der Waals surface area contributed by atoms with Gasteiger partial charge in [0.2, 0.25) is 5.79 Å². The minimum Gasteiger partial charge on any atom is -0.463 e. The van der Waals surface area contributed by atoms with Crippen LogP contribution in [0.3, 0.4) is 0 Å². The predicted molar refractivity (Wildman–Crippen MR) is 78.2 cm³/mol. The van der Waals surface area contributed by atoms with E-state index in [-0.39, 0.29) is 0 Å². The summed E-state index contributed by atoms with van der Waals surface area (Å²) in [6.45, 7) is -1.01. The van der Waals surface area contributed by atoms with Crippen molar-refractivity contribution in [2.24, 2.45) is 0 Å². The minimum atomic E-state index is -2.26. The highest BCUT2D eigenvalue weighted by molar-refractivity contribution is 5.65. The summed E-state index contributed by atoms with van der Waals surface area (Å²) >= 11 is 0. The fourth-order valence-electron chi connectivity index (χ4n) is 2.82. The molecule has 12 nitrogen and oxygen atoms in total. The van der Waals surface area contributed by atoms with Gasteiger partial charge in [-0.1, -0.05) is 0 Å². The maximum Gasteiger partial charge on any atom is 0.302 e. The van der Waals surface area contributed by atoms with E-state index >= 15 is 0 Å². The number of hydrogen-bond donors (Lipinski definition) is 7. The first-order valence-corrected chi connectivity index (χ1v) is 7.93. The van der Waals surface area contributed by atoms with E-state index in [9.17, 15) is 35.4 Å². The Hall–Kier alpha value is -0.930. The Kier molecular flexibility index (Phi) is 6.90. The Morgan fingerprint density at radius 1 is 1.00 bits per heavy atom. The highest BCUT2D eigenvalue weighted by Crippen LogP contribution is 2.35. The van der Waals surface area contributed by atoms with E-state index in [0.717, 1.165) is 6.92 Å². The van der Waals surface area contributed by atoms with Crippen molar-refractivity contribution in [1.29, 1.82) is 0 Å². The molecule has 0 aromatic heterocycles. The Labute approximate surface area is 148 Å². The first-order chi connectivity index (χ1) is 12.2. The second kappa shape index (κ2) is 8.39. The Morgan fingerprint density at radius 3 is 2.15 bits per heavy atom. The van der Waals surface area contributed by atoms with E-state index in [4.69, 9.17) is 24.1 Å². The zero-order valence-corrected chi connectivity index (χ0v) is 13.9. The molecule has 12 heteroatoms. The predicted octanol–water partition coefficient (Wildman–Crippen LogP) is -4.82. The number of esters is 1. The molecule has 2 rings (SSSR count). The number of rotatable bonds is 6. The van der Waals surface area contributed by atoms with Gasteiger partial charge in [0, 0.05) is 6.92 Å². The molecule has 2 aliphatic rings. The Morgan fingerprint density at radius 2 is 1.65 bits per heavy atom. The fraction of sp³-hybridized carbons (Fsp3) is 0.929. The van der Waals surface area contributed by atoms with Gasteiger partial charge >= 0.3 is 5.97 Å². The average Bonchev–Trinajstić information content (AvgIpc) is 2.86. The van der Waals surface area contributed by atoms with Crippen LogP contribution in [0.5, 0.6) is 0 Å². The molecule has 2 fully saturated rings. The molecule has 2 saturated heterocycles. The summed E-state index contributed by atoms with van der Waals surface area (Å²) in [5, 5.41) is 68.6. The van der Waals surface area contributed by atoms with E-state index in [1.54, 1.807) is 0 Å². The molecule has 0 radical (unpaired) electrons. The first kappa shape index (κ1) is 21.4. The Bertz CT molecular complexity index is 489. The average molecular weight is 384 g/mol. The maximum absolute atomic E-state index is 10.9. The third-order valence-corrected chi connectivity index (χ3v) is 4.34. The molecule has 0 unspecified atom stereocenters. The fourth-order valence-corrected chi connectivity index (χ4v) is 2.82. The molecule has 9 atom stereocenters. The third kappa shape index (κ3) is 3.99. The van der Waals surface area contributed by atoms with Crippen LogP contribution in [0.25, 0.3) is 0 Å². The number of carbonyl (C=O) groups excluding carboxylic acids is 1. The standard InChI is InChI=1S/C14H24O12/c1-5(17)23-3-7-8(18)10(20)11(21)13(24-7)26-14(4-16)12(22)9(19)6(2-15)25-14/h6-13,15-16,18-22H,2-4H2,1H3/t6-,7-,8+,9+,10-,11-,12+,13-,14+/m0/s1. The smallest absolute Gasteiger partial charge is 0.302 e. The normalized spacial score (nSPS) is 46.3. The maximum atomic E-state index is 10.9. The quantitative estimate of drug-likeness (QED) is 0.216. The highest BCUT2D eigenvalue weighted by atomic mass is 16.8. The number of ether oxygens (including phenoxy) is 4. The van der Waals surface area contributed by atoms with Gasteiger partial charge < -0.3 is 54.7 Å². The monoisotopic (exact) mass is 384 g/mol. The minimum absolute atomic E-state index is 0.461. The number of hydrogen-bond acceptors (Lipinski definition) is 12. The molecular weight excluding hydrogens is 360 g/mol. The second-order valence-electron chi connectivity index (χ2n) is 6.18. The van der Waals surface area contributed by atoms with Crippen LogP contribution >= 0.6 is 0 Å².